The zero-order chi connectivity index (χ0) is 13.2. The molecular formula is C14H12FN3O. The van der Waals surface area contributed by atoms with E-state index >= 15 is 0 Å². The van der Waals surface area contributed by atoms with Crippen molar-refractivity contribution < 1.29 is 9.18 Å². The van der Waals surface area contributed by atoms with Crippen LogP contribution in [0.3, 0.4) is 0 Å². The minimum absolute atomic E-state index is 0.106. The molecule has 0 amide bonds. The van der Waals surface area contributed by atoms with Gasteiger partial charge in [0.2, 0.25) is 5.95 Å². The molecule has 19 heavy (non-hydrogen) atoms. The number of hydrogen-bond acceptors (Lipinski definition) is 4. The van der Waals surface area contributed by atoms with Gasteiger partial charge >= 0.3 is 0 Å². The zero-order valence-corrected chi connectivity index (χ0v) is 10.2. The minimum Gasteiger partial charge on any atom is -0.324 e. The summed E-state index contributed by atoms with van der Waals surface area (Å²) in [4.78, 5) is 20.1. The van der Waals surface area contributed by atoms with E-state index in [-0.39, 0.29) is 11.6 Å². The van der Waals surface area contributed by atoms with Gasteiger partial charge in [0, 0.05) is 18.3 Å². The highest BCUT2D eigenvalue weighted by atomic mass is 19.1. The van der Waals surface area contributed by atoms with Gasteiger partial charge in [-0.25, -0.2) is 14.4 Å². The van der Waals surface area contributed by atoms with Crippen LogP contribution >= 0.6 is 0 Å². The molecule has 0 saturated heterocycles. The number of carbonyl (C=O) groups excluding carboxylic acids is 1. The molecule has 1 aliphatic rings. The molecule has 0 aliphatic heterocycles. The average Bonchev–Trinajstić information content (AvgIpc) is 2.42. The fraction of sp³-hybridized carbons (Fsp3) is 0.214. The summed E-state index contributed by atoms with van der Waals surface area (Å²) in [6.07, 6.45) is 3.76. The van der Waals surface area contributed by atoms with Crippen molar-refractivity contribution in [3.8, 4) is 0 Å². The van der Waals surface area contributed by atoms with Gasteiger partial charge in [0.15, 0.2) is 5.78 Å². The lowest BCUT2D eigenvalue weighted by Gasteiger charge is -2.14. The van der Waals surface area contributed by atoms with Crippen LogP contribution in [0.1, 0.15) is 28.9 Å². The van der Waals surface area contributed by atoms with Crippen LogP contribution in [0.15, 0.2) is 30.5 Å². The highest BCUT2D eigenvalue weighted by Gasteiger charge is 2.19. The third kappa shape index (κ3) is 2.45. The standard InChI is InChI=1S/C14H12FN3O/c15-9-4-6-10(7-5-9)17-14-16-8-11-12(18-14)2-1-3-13(11)19/h4-8H,1-3H2,(H,16,17,18). The third-order valence-corrected chi connectivity index (χ3v) is 3.09. The quantitative estimate of drug-likeness (QED) is 0.898. The monoisotopic (exact) mass is 257 g/mol. The van der Waals surface area contributed by atoms with Crippen LogP contribution in [0.5, 0.6) is 0 Å². The first-order valence-electron chi connectivity index (χ1n) is 6.14. The molecule has 0 radical (unpaired) electrons. The number of halogens is 1. The Labute approximate surface area is 109 Å². The Bertz CT molecular complexity index is 625. The molecule has 96 valence electrons. The third-order valence-electron chi connectivity index (χ3n) is 3.09. The molecule has 0 spiro atoms. The molecule has 0 atom stereocenters. The summed E-state index contributed by atoms with van der Waals surface area (Å²) in [7, 11) is 0. The topological polar surface area (TPSA) is 54.9 Å². The van der Waals surface area contributed by atoms with Crippen molar-refractivity contribution in [2.24, 2.45) is 0 Å². The summed E-state index contributed by atoms with van der Waals surface area (Å²) in [5, 5.41) is 3.00. The van der Waals surface area contributed by atoms with Gasteiger partial charge in [-0.2, -0.15) is 0 Å². The summed E-state index contributed by atoms with van der Waals surface area (Å²) in [6, 6.07) is 5.96. The van der Waals surface area contributed by atoms with Crippen LogP contribution in [0.25, 0.3) is 0 Å². The minimum atomic E-state index is -0.289. The SMILES string of the molecule is O=C1CCCc2nc(Nc3ccc(F)cc3)ncc21. The van der Waals surface area contributed by atoms with Crippen molar-refractivity contribution >= 4 is 17.4 Å². The Morgan fingerprint density at radius 1 is 1.16 bits per heavy atom. The maximum absolute atomic E-state index is 12.8. The Kier molecular flexibility index (Phi) is 2.95. The van der Waals surface area contributed by atoms with Gasteiger partial charge in [-0.05, 0) is 37.1 Å². The molecule has 3 rings (SSSR count). The molecule has 2 aromatic rings. The lowest BCUT2D eigenvalue weighted by molar-refractivity contribution is 0.0971. The van der Waals surface area contributed by atoms with Crippen molar-refractivity contribution in [3.63, 3.8) is 0 Å². The van der Waals surface area contributed by atoms with Crippen molar-refractivity contribution in [1.29, 1.82) is 0 Å². The van der Waals surface area contributed by atoms with Crippen LogP contribution in [0, 0.1) is 5.82 Å². The molecule has 1 aromatic heterocycles. The number of nitrogens with zero attached hydrogens (tertiary/aromatic N) is 2. The van der Waals surface area contributed by atoms with E-state index in [9.17, 15) is 9.18 Å². The highest BCUT2D eigenvalue weighted by molar-refractivity contribution is 5.97. The van der Waals surface area contributed by atoms with Gasteiger partial charge in [-0.15, -0.1) is 0 Å². The predicted octanol–water partition coefficient (Wildman–Crippen LogP) is 2.88. The molecule has 1 heterocycles. The van der Waals surface area contributed by atoms with Crippen LogP contribution < -0.4 is 5.32 Å². The number of ketones is 1. The van der Waals surface area contributed by atoms with Crippen LogP contribution in [0.4, 0.5) is 16.0 Å². The van der Waals surface area contributed by atoms with Crippen molar-refractivity contribution in [2.45, 2.75) is 19.3 Å². The zero-order valence-electron chi connectivity index (χ0n) is 10.2. The van der Waals surface area contributed by atoms with Gasteiger partial charge in [-0.1, -0.05) is 0 Å². The first kappa shape index (κ1) is 11.8. The van der Waals surface area contributed by atoms with Gasteiger partial charge in [0.1, 0.15) is 5.82 Å². The van der Waals surface area contributed by atoms with E-state index in [1.807, 2.05) is 0 Å². The smallest absolute Gasteiger partial charge is 0.227 e. The van der Waals surface area contributed by atoms with Gasteiger partial charge in [0.05, 0.1) is 11.3 Å². The van der Waals surface area contributed by atoms with E-state index in [1.165, 1.54) is 12.1 Å². The fourth-order valence-electron chi connectivity index (χ4n) is 2.11. The Morgan fingerprint density at radius 2 is 1.95 bits per heavy atom. The van der Waals surface area contributed by atoms with Gasteiger partial charge in [0.25, 0.3) is 0 Å². The second kappa shape index (κ2) is 4.76. The first-order valence-corrected chi connectivity index (χ1v) is 6.14. The molecule has 1 aromatic carbocycles. The van der Waals surface area contributed by atoms with Crippen molar-refractivity contribution in [3.05, 3.63) is 47.5 Å². The molecular weight excluding hydrogens is 245 g/mol. The van der Waals surface area contributed by atoms with Crippen LogP contribution in [-0.4, -0.2) is 15.8 Å². The first-order chi connectivity index (χ1) is 9.22. The van der Waals surface area contributed by atoms with E-state index in [1.54, 1.807) is 18.3 Å². The molecule has 0 unspecified atom stereocenters. The second-order valence-electron chi connectivity index (χ2n) is 4.46. The maximum atomic E-state index is 12.8. The molecule has 0 saturated carbocycles. The number of carbonyl (C=O) groups is 1. The number of aromatic nitrogens is 2. The van der Waals surface area contributed by atoms with Crippen molar-refractivity contribution in [2.75, 3.05) is 5.32 Å². The number of hydrogen-bond donors (Lipinski definition) is 1. The largest absolute Gasteiger partial charge is 0.324 e. The number of nitrogens with one attached hydrogen (secondary N) is 1. The Balaban J connectivity index is 1.86. The highest BCUT2D eigenvalue weighted by Crippen LogP contribution is 2.21. The number of fused-ring (bicyclic) bond motifs is 1. The summed E-state index contributed by atoms with van der Waals surface area (Å²) < 4.78 is 12.8. The average molecular weight is 257 g/mol. The number of rotatable bonds is 2. The lowest BCUT2D eigenvalue weighted by Crippen LogP contribution is -2.14. The second-order valence-corrected chi connectivity index (χ2v) is 4.46. The molecule has 4 nitrogen and oxygen atoms in total. The summed E-state index contributed by atoms with van der Waals surface area (Å²) in [6.45, 7) is 0. The molecule has 1 aliphatic carbocycles. The summed E-state index contributed by atoms with van der Waals surface area (Å²) in [5.74, 6) is 0.247. The van der Waals surface area contributed by atoms with E-state index in [2.05, 4.69) is 15.3 Å². The number of Topliss-reactive ketones (excluding diaryl/α,β-unsaturated/α-hetero) is 1. The Hall–Kier alpha value is -2.30. The molecule has 1 N–H and O–H groups in total. The van der Waals surface area contributed by atoms with Crippen molar-refractivity contribution in [1.82, 2.24) is 9.97 Å². The normalized spacial score (nSPS) is 14.1. The van der Waals surface area contributed by atoms with Gasteiger partial charge < -0.3 is 5.32 Å². The number of anilines is 2. The lowest BCUT2D eigenvalue weighted by atomic mass is 9.96. The Morgan fingerprint density at radius 3 is 2.74 bits per heavy atom. The van der Waals surface area contributed by atoms with Gasteiger partial charge in [-0.3, -0.25) is 4.79 Å². The van der Waals surface area contributed by atoms with E-state index in [4.69, 9.17) is 0 Å². The van der Waals surface area contributed by atoms with Crippen LogP contribution in [-0.2, 0) is 6.42 Å². The van der Waals surface area contributed by atoms with E-state index in [0.29, 0.717) is 23.6 Å². The molecule has 5 heteroatoms. The summed E-state index contributed by atoms with van der Waals surface area (Å²) in [5.41, 5.74) is 2.12. The van der Waals surface area contributed by atoms with Crippen LogP contribution in [0.2, 0.25) is 0 Å². The molecule has 0 bridgehead atoms. The maximum Gasteiger partial charge on any atom is 0.227 e. The molecule has 0 fully saturated rings. The predicted molar refractivity (Wildman–Crippen MR) is 69.0 cm³/mol. The number of benzene rings is 1. The number of aryl methyl sites for hydroxylation is 1. The van der Waals surface area contributed by atoms with E-state index < -0.39 is 0 Å². The summed E-state index contributed by atoms with van der Waals surface area (Å²) >= 11 is 0. The fourth-order valence-corrected chi connectivity index (χ4v) is 2.11. The van der Waals surface area contributed by atoms with E-state index in [0.717, 1.165) is 18.5 Å².